The van der Waals surface area contributed by atoms with Crippen LogP contribution in [-0.4, -0.2) is 16.5 Å². The molecule has 0 aliphatic heterocycles. The van der Waals surface area contributed by atoms with Crippen molar-refractivity contribution in [1.29, 1.82) is 0 Å². The lowest BCUT2D eigenvalue weighted by Gasteiger charge is -2.12. The number of anilines is 2. The van der Waals surface area contributed by atoms with Gasteiger partial charge in [-0.05, 0) is 30.9 Å². The van der Waals surface area contributed by atoms with Gasteiger partial charge in [0.1, 0.15) is 18.0 Å². The molecule has 2 rings (SSSR count). The lowest BCUT2D eigenvalue weighted by atomic mass is 10.0. The van der Waals surface area contributed by atoms with Gasteiger partial charge in [0, 0.05) is 18.7 Å². The van der Waals surface area contributed by atoms with Crippen LogP contribution >= 0.6 is 0 Å². The molecule has 2 aromatic rings. The summed E-state index contributed by atoms with van der Waals surface area (Å²) in [5.41, 5.74) is 3.67. The zero-order chi connectivity index (χ0) is 15.2. The van der Waals surface area contributed by atoms with Gasteiger partial charge in [0.25, 0.3) is 0 Å². The van der Waals surface area contributed by atoms with Crippen molar-refractivity contribution < 1.29 is 0 Å². The third-order valence-corrected chi connectivity index (χ3v) is 3.53. The van der Waals surface area contributed by atoms with Crippen LogP contribution in [0.5, 0.6) is 0 Å². The first-order valence-electron chi connectivity index (χ1n) is 7.50. The molecule has 0 bridgehead atoms. The average molecular weight is 284 g/mol. The fourth-order valence-corrected chi connectivity index (χ4v) is 2.18. The van der Waals surface area contributed by atoms with Crippen LogP contribution in [0.4, 0.5) is 11.6 Å². The van der Waals surface area contributed by atoms with Crippen molar-refractivity contribution in [3.63, 3.8) is 0 Å². The third-order valence-electron chi connectivity index (χ3n) is 3.53. The summed E-state index contributed by atoms with van der Waals surface area (Å²) < 4.78 is 0. The fraction of sp³-hybridized carbons (Fsp3) is 0.412. The van der Waals surface area contributed by atoms with Crippen molar-refractivity contribution in [3.8, 4) is 0 Å². The summed E-state index contributed by atoms with van der Waals surface area (Å²) in [6, 6.07) is 8.73. The highest BCUT2D eigenvalue weighted by Crippen LogP contribution is 2.19. The first kappa shape index (κ1) is 15.3. The van der Waals surface area contributed by atoms with Gasteiger partial charge in [-0.15, -0.1) is 0 Å². The molecule has 4 nitrogen and oxygen atoms in total. The molecule has 0 spiro atoms. The smallest absolute Gasteiger partial charge is 0.134 e. The van der Waals surface area contributed by atoms with Crippen molar-refractivity contribution in [3.05, 3.63) is 47.3 Å². The van der Waals surface area contributed by atoms with Crippen molar-refractivity contribution >= 4 is 11.6 Å². The molecule has 0 unspecified atom stereocenters. The SMILES string of the molecule is CCNc1ncnc(NCc2ccc(C(C)C)cc2)c1C. The second kappa shape index (κ2) is 7.07. The van der Waals surface area contributed by atoms with E-state index in [1.807, 2.05) is 6.92 Å². The fourth-order valence-electron chi connectivity index (χ4n) is 2.18. The molecular formula is C17H24N4. The summed E-state index contributed by atoms with van der Waals surface area (Å²) in [6.07, 6.45) is 1.59. The summed E-state index contributed by atoms with van der Waals surface area (Å²) in [6.45, 7) is 10.1. The van der Waals surface area contributed by atoms with E-state index in [0.29, 0.717) is 5.92 Å². The van der Waals surface area contributed by atoms with Crippen LogP contribution < -0.4 is 10.6 Å². The number of hydrogen-bond acceptors (Lipinski definition) is 4. The van der Waals surface area contributed by atoms with E-state index in [-0.39, 0.29) is 0 Å². The maximum Gasteiger partial charge on any atom is 0.134 e. The van der Waals surface area contributed by atoms with Gasteiger partial charge in [0.05, 0.1) is 0 Å². The minimum atomic E-state index is 0.568. The molecule has 21 heavy (non-hydrogen) atoms. The van der Waals surface area contributed by atoms with E-state index in [9.17, 15) is 0 Å². The van der Waals surface area contributed by atoms with Crippen LogP contribution in [0.2, 0.25) is 0 Å². The molecule has 4 heteroatoms. The average Bonchev–Trinajstić information content (AvgIpc) is 2.49. The molecule has 1 aromatic heterocycles. The molecule has 0 fully saturated rings. The molecule has 0 saturated carbocycles. The van der Waals surface area contributed by atoms with Crippen LogP contribution in [0.3, 0.4) is 0 Å². The van der Waals surface area contributed by atoms with E-state index in [0.717, 1.165) is 30.3 Å². The van der Waals surface area contributed by atoms with Gasteiger partial charge < -0.3 is 10.6 Å². The molecule has 112 valence electrons. The minimum absolute atomic E-state index is 0.568. The number of hydrogen-bond donors (Lipinski definition) is 2. The summed E-state index contributed by atoms with van der Waals surface area (Å²) >= 11 is 0. The van der Waals surface area contributed by atoms with Crippen LogP contribution in [0, 0.1) is 6.92 Å². The predicted octanol–water partition coefficient (Wildman–Crippen LogP) is 3.95. The summed E-state index contributed by atoms with van der Waals surface area (Å²) in [5.74, 6) is 2.35. The number of nitrogens with one attached hydrogen (secondary N) is 2. The minimum Gasteiger partial charge on any atom is -0.370 e. The number of nitrogens with zero attached hydrogens (tertiary/aromatic N) is 2. The maximum absolute atomic E-state index is 4.32. The first-order chi connectivity index (χ1) is 10.1. The van der Waals surface area contributed by atoms with Crippen molar-refractivity contribution in [1.82, 2.24) is 9.97 Å². The molecule has 0 aliphatic rings. The standard InChI is InChI=1S/C17H24N4/c1-5-18-16-13(4)17(21-11-20-16)19-10-14-6-8-15(9-7-14)12(2)3/h6-9,11-12H,5,10H2,1-4H3,(H2,18,19,20,21). The van der Waals surface area contributed by atoms with E-state index < -0.39 is 0 Å². The molecular weight excluding hydrogens is 260 g/mol. The third kappa shape index (κ3) is 3.94. The lowest BCUT2D eigenvalue weighted by Crippen LogP contribution is -2.08. The second-order valence-corrected chi connectivity index (χ2v) is 5.48. The zero-order valence-corrected chi connectivity index (χ0v) is 13.3. The van der Waals surface area contributed by atoms with Crippen LogP contribution in [-0.2, 0) is 6.54 Å². The van der Waals surface area contributed by atoms with Crippen LogP contribution in [0.15, 0.2) is 30.6 Å². The zero-order valence-electron chi connectivity index (χ0n) is 13.3. The van der Waals surface area contributed by atoms with Gasteiger partial charge in [-0.1, -0.05) is 38.1 Å². The number of benzene rings is 1. The molecule has 1 aromatic carbocycles. The Balaban J connectivity index is 2.04. The Morgan fingerprint density at radius 3 is 2.19 bits per heavy atom. The monoisotopic (exact) mass is 284 g/mol. The molecule has 0 radical (unpaired) electrons. The van der Waals surface area contributed by atoms with E-state index in [4.69, 9.17) is 0 Å². The Kier molecular flexibility index (Phi) is 5.14. The van der Waals surface area contributed by atoms with Crippen LogP contribution in [0.1, 0.15) is 43.4 Å². The van der Waals surface area contributed by atoms with Gasteiger partial charge in [-0.25, -0.2) is 9.97 Å². The van der Waals surface area contributed by atoms with Crippen molar-refractivity contribution in [2.75, 3.05) is 17.2 Å². The summed E-state index contributed by atoms with van der Waals surface area (Å²) in [5, 5.41) is 6.63. The molecule has 1 heterocycles. The Morgan fingerprint density at radius 1 is 1.00 bits per heavy atom. The molecule has 0 aliphatic carbocycles. The topological polar surface area (TPSA) is 49.8 Å². The van der Waals surface area contributed by atoms with E-state index in [2.05, 4.69) is 65.6 Å². The van der Waals surface area contributed by atoms with Crippen molar-refractivity contribution in [2.45, 2.75) is 40.2 Å². The number of aromatic nitrogens is 2. The predicted molar refractivity (Wildman–Crippen MR) is 88.8 cm³/mol. The highest BCUT2D eigenvalue weighted by atomic mass is 15.1. The summed E-state index contributed by atoms with van der Waals surface area (Å²) in [7, 11) is 0. The van der Waals surface area contributed by atoms with Gasteiger partial charge in [-0.3, -0.25) is 0 Å². The van der Waals surface area contributed by atoms with Gasteiger partial charge in [0.2, 0.25) is 0 Å². The Hall–Kier alpha value is -2.10. The van der Waals surface area contributed by atoms with E-state index >= 15 is 0 Å². The maximum atomic E-state index is 4.32. The first-order valence-corrected chi connectivity index (χ1v) is 7.50. The second-order valence-electron chi connectivity index (χ2n) is 5.48. The van der Waals surface area contributed by atoms with Crippen LogP contribution in [0.25, 0.3) is 0 Å². The van der Waals surface area contributed by atoms with Gasteiger partial charge >= 0.3 is 0 Å². The highest BCUT2D eigenvalue weighted by molar-refractivity contribution is 5.56. The summed E-state index contributed by atoms with van der Waals surface area (Å²) in [4.78, 5) is 8.57. The van der Waals surface area contributed by atoms with E-state index in [1.165, 1.54) is 11.1 Å². The van der Waals surface area contributed by atoms with Crippen molar-refractivity contribution in [2.24, 2.45) is 0 Å². The molecule has 2 N–H and O–H groups in total. The quantitative estimate of drug-likeness (QED) is 0.843. The largest absolute Gasteiger partial charge is 0.370 e. The molecule has 0 saturated heterocycles. The number of rotatable bonds is 6. The Labute approximate surface area is 127 Å². The molecule has 0 amide bonds. The Bertz CT molecular complexity index is 576. The lowest BCUT2D eigenvalue weighted by molar-refractivity contribution is 0.865. The normalized spacial score (nSPS) is 10.7. The Morgan fingerprint density at radius 2 is 1.62 bits per heavy atom. The van der Waals surface area contributed by atoms with E-state index in [1.54, 1.807) is 6.33 Å². The van der Waals surface area contributed by atoms with Gasteiger partial charge in [-0.2, -0.15) is 0 Å². The molecule has 0 atom stereocenters. The van der Waals surface area contributed by atoms with Gasteiger partial charge in [0.15, 0.2) is 0 Å². The highest BCUT2D eigenvalue weighted by Gasteiger charge is 2.06.